The fraction of sp³-hybridized carbons (Fsp3) is 0.304. The van der Waals surface area contributed by atoms with Gasteiger partial charge < -0.3 is 18.9 Å². The minimum Gasteiger partial charge on any atom is -0.497 e. The van der Waals surface area contributed by atoms with Crippen LogP contribution in [0.5, 0.6) is 5.75 Å². The third-order valence-electron chi connectivity index (χ3n) is 4.38. The molecule has 6 heteroatoms. The maximum atomic E-state index is 11.5. The molecular formula is C23H26O6. The molecule has 2 atom stereocenters. The Kier molecular flexibility index (Phi) is 9.45. The Hall–Kier alpha value is -3.12. The average Bonchev–Trinajstić information content (AvgIpc) is 2.77. The van der Waals surface area contributed by atoms with Crippen LogP contribution in [0.1, 0.15) is 17.5 Å². The first-order valence-electron chi connectivity index (χ1n) is 9.30. The van der Waals surface area contributed by atoms with Crippen molar-refractivity contribution in [2.75, 3.05) is 14.2 Å². The lowest BCUT2D eigenvalue weighted by Gasteiger charge is -2.24. The molecule has 0 saturated heterocycles. The summed E-state index contributed by atoms with van der Waals surface area (Å²) in [6.07, 6.45) is 2.93. The van der Waals surface area contributed by atoms with Crippen molar-refractivity contribution in [1.82, 2.24) is 0 Å². The highest BCUT2D eigenvalue weighted by Crippen LogP contribution is 2.17. The molecular weight excluding hydrogens is 372 g/mol. The van der Waals surface area contributed by atoms with Crippen molar-refractivity contribution >= 4 is 12.4 Å². The SMILES string of the molecule is COC(=O)/C=C\[C@@H](OCc1ccc(OC)cc1)[C@H](CCc1ccccc1)OC=O. The molecule has 0 bridgehead atoms. The summed E-state index contributed by atoms with van der Waals surface area (Å²) in [5.74, 6) is 0.247. The highest BCUT2D eigenvalue weighted by Gasteiger charge is 2.22. The summed E-state index contributed by atoms with van der Waals surface area (Å²) >= 11 is 0. The van der Waals surface area contributed by atoms with E-state index in [4.69, 9.17) is 14.2 Å². The molecule has 0 aliphatic rings. The predicted molar refractivity (Wildman–Crippen MR) is 108 cm³/mol. The number of aryl methyl sites for hydroxylation is 1. The minimum absolute atomic E-state index is 0.282. The molecule has 0 aliphatic heterocycles. The highest BCUT2D eigenvalue weighted by atomic mass is 16.6. The van der Waals surface area contributed by atoms with Gasteiger partial charge in [0.2, 0.25) is 0 Å². The first-order valence-corrected chi connectivity index (χ1v) is 9.30. The molecule has 2 rings (SSSR count). The van der Waals surface area contributed by atoms with Gasteiger partial charge in [-0.2, -0.15) is 0 Å². The third-order valence-corrected chi connectivity index (χ3v) is 4.38. The summed E-state index contributed by atoms with van der Waals surface area (Å²) in [6, 6.07) is 17.3. The van der Waals surface area contributed by atoms with Gasteiger partial charge in [-0.3, -0.25) is 4.79 Å². The third kappa shape index (κ3) is 7.79. The Labute approximate surface area is 171 Å². The quantitative estimate of drug-likeness (QED) is 0.310. The van der Waals surface area contributed by atoms with Crippen molar-refractivity contribution < 1.29 is 28.5 Å². The van der Waals surface area contributed by atoms with Crippen molar-refractivity contribution in [2.24, 2.45) is 0 Å². The lowest BCUT2D eigenvalue weighted by Crippen LogP contribution is -2.30. The van der Waals surface area contributed by atoms with E-state index in [-0.39, 0.29) is 6.61 Å². The van der Waals surface area contributed by atoms with Crippen LogP contribution >= 0.6 is 0 Å². The number of ether oxygens (including phenoxy) is 4. The van der Waals surface area contributed by atoms with E-state index in [0.717, 1.165) is 16.9 Å². The van der Waals surface area contributed by atoms with Crippen LogP contribution in [0, 0.1) is 0 Å². The number of carbonyl (C=O) groups is 2. The number of hydrogen-bond acceptors (Lipinski definition) is 6. The number of carbonyl (C=O) groups excluding carboxylic acids is 2. The van der Waals surface area contributed by atoms with Crippen LogP contribution in [-0.2, 0) is 36.8 Å². The lowest BCUT2D eigenvalue weighted by atomic mass is 10.0. The minimum atomic E-state index is -0.606. The summed E-state index contributed by atoms with van der Waals surface area (Å²) < 4.78 is 21.1. The van der Waals surface area contributed by atoms with E-state index >= 15 is 0 Å². The molecule has 0 heterocycles. The molecule has 0 unspecified atom stereocenters. The molecule has 154 valence electrons. The summed E-state index contributed by atoms with van der Waals surface area (Å²) in [7, 11) is 2.90. The topological polar surface area (TPSA) is 71.1 Å². The Morgan fingerprint density at radius 2 is 1.72 bits per heavy atom. The van der Waals surface area contributed by atoms with Gasteiger partial charge in [-0.1, -0.05) is 42.5 Å². The highest BCUT2D eigenvalue weighted by molar-refractivity contribution is 5.81. The van der Waals surface area contributed by atoms with Gasteiger partial charge in [0.1, 0.15) is 18.0 Å². The van der Waals surface area contributed by atoms with Crippen molar-refractivity contribution in [3.8, 4) is 5.75 Å². The van der Waals surface area contributed by atoms with Crippen molar-refractivity contribution in [2.45, 2.75) is 31.7 Å². The number of hydrogen-bond donors (Lipinski definition) is 0. The summed E-state index contributed by atoms with van der Waals surface area (Å²) in [5.41, 5.74) is 2.05. The fourth-order valence-corrected chi connectivity index (χ4v) is 2.78. The van der Waals surface area contributed by atoms with Crippen molar-refractivity contribution in [3.05, 3.63) is 77.9 Å². The maximum Gasteiger partial charge on any atom is 0.330 e. The monoisotopic (exact) mass is 398 g/mol. The summed E-state index contributed by atoms with van der Waals surface area (Å²) in [6.45, 7) is 0.690. The fourth-order valence-electron chi connectivity index (χ4n) is 2.78. The molecule has 0 saturated carbocycles. The van der Waals surface area contributed by atoms with Gasteiger partial charge in [0.25, 0.3) is 6.47 Å². The molecule has 29 heavy (non-hydrogen) atoms. The van der Waals surface area contributed by atoms with Crippen molar-refractivity contribution in [3.63, 3.8) is 0 Å². The second kappa shape index (κ2) is 12.4. The Bertz CT molecular complexity index is 770. The summed E-state index contributed by atoms with van der Waals surface area (Å²) in [5, 5.41) is 0. The van der Waals surface area contributed by atoms with Crippen LogP contribution in [0.2, 0.25) is 0 Å². The molecule has 0 spiro atoms. The van der Waals surface area contributed by atoms with Gasteiger partial charge in [-0.25, -0.2) is 4.79 Å². The number of rotatable bonds is 12. The number of benzene rings is 2. The van der Waals surface area contributed by atoms with E-state index < -0.39 is 18.2 Å². The molecule has 0 amide bonds. The van der Waals surface area contributed by atoms with Gasteiger partial charge in [-0.15, -0.1) is 0 Å². The van der Waals surface area contributed by atoms with Gasteiger partial charge >= 0.3 is 5.97 Å². The predicted octanol–water partition coefficient (Wildman–Crippen LogP) is 3.48. The normalized spacial score (nSPS) is 12.9. The molecule has 0 aliphatic carbocycles. The zero-order chi connectivity index (χ0) is 20.9. The Balaban J connectivity index is 2.09. The smallest absolute Gasteiger partial charge is 0.330 e. The number of methoxy groups -OCH3 is 2. The Morgan fingerprint density at radius 3 is 2.34 bits per heavy atom. The van der Waals surface area contributed by atoms with Crippen LogP contribution < -0.4 is 4.74 Å². The second-order valence-electron chi connectivity index (χ2n) is 6.30. The van der Waals surface area contributed by atoms with E-state index in [1.54, 1.807) is 13.2 Å². The van der Waals surface area contributed by atoms with E-state index in [9.17, 15) is 9.59 Å². The standard InChI is InChI=1S/C23H26O6/c1-26-20-11-8-19(9-12-20)16-28-21(14-15-23(25)27-2)22(29-17-24)13-10-18-6-4-3-5-7-18/h3-9,11-12,14-15,17,21-22H,10,13,16H2,1-2H3/b15-14-/t21-,22+/m1/s1. The summed E-state index contributed by atoms with van der Waals surface area (Å²) in [4.78, 5) is 22.6. The lowest BCUT2D eigenvalue weighted by molar-refractivity contribution is -0.140. The van der Waals surface area contributed by atoms with Gasteiger partial charge in [-0.05, 0) is 42.2 Å². The molecule has 2 aromatic carbocycles. The van der Waals surface area contributed by atoms with Crippen LogP contribution in [0.15, 0.2) is 66.7 Å². The van der Waals surface area contributed by atoms with Crippen LogP contribution in [-0.4, -0.2) is 38.9 Å². The molecule has 0 aromatic heterocycles. The largest absolute Gasteiger partial charge is 0.497 e. The van der Waals surface area contributed by atoms with Crippen LogP contribution in [0.25, 0.3) is 0 Å². The molecule has 2 aromatic rings. The van der Waals surface area contributed by atoms with Crippen LogP contribution in [0.3, 0.4) is 0 Å². The van der Waals surface area contributed by atoms with E-state index in [2.05, 4.69) is 4.74 Å². The zero-order valence-electron chi connectivity index (χ0n) is 16.7. The van der Waals surface area contributed by atoms with E-state index in [1.165, 1.54) is 13.2 Å². The maximum absolute atomic E-state index is 11.5. The molecule has 0 radical (unpaired) electrons. The van der Waals surface area contributed by atoms with E-state index in [0.29, 0.717) is 19.3 Å². The van der Waals surface area contributed by atoms with E-state index in [1.807, 2.05) is 54.6 Å². The first-order chi connectivity index (χ1) is 14.2. The zero-order valence-corrected chi connectivity index (χ0v) is 16.7. The molecule has 0 N–H and O–H groups in total. The Morgan fingerprint density at radius 1 is 1.00 bits per heavy atom. The van der Waals surface area contributed by atoms with Crippen LogP contribution in [0.4, 0.5) is 0 Å². The average molecular weight is 398 g/mol. The molecule has 6 nitrogen and oxygen atoms in total. The first kappa shape index (κ1) is 22.2. The van der Waals surface area contributed by atoms with Gasteiger partial charge in [0, 0.05) is 6.08 Å². The van der Waals surface area contributed by atoms with Crippen molar-refractivity contribution in [1.29, 1.82) is 0 Å². The second-order valence-corrected chi connectivity index (χ2v) is 6.30. The number of esters is 1. The van der Waals surface area contributed by atoms with Gasteiger partial charge in [0.05, 0.1) is 20.8 Å². The molecule has 0 fully saturated rings. The van der Waals surface area contributed by atoms with Gasteiger partial charge in [0.15, 0.2) is 0 Å².